The molecule has 0 aliphatic rings. The third-order valence-electron chi connectivity index (χ3n) is 7.22. The second-order valence-corrected chi connectivity index (χ2v) is 10.0. The van der Waals surface area contributed by atoms with Crippen LogP contribution in [0.3, 0.4) is 0 Å². The zero-order valence-corrected chi connectivity index (χ0v) is 21.8. The van der Waals surface area contributed by atoms with Gasteiger partial charge in [-0.25, -0.2) is 4.98 Å². The Balaban J connectivity index is 1.72. The Hall–Kier alpha value is -3.73. The number of benzene rings is 4. The van der Waals surface area contributed by atoms with Crippen molar-refractivity contribution >= 4 is 21.7 Å². The van der Waals surface area contributed by atoms with Crippen molar-refractivity contribution in [1.82, 2.24) is 9.88 Å². The van der Waals surface area contributed by atoms with E-state index in [2.05, 4.69) is 79.7 Å². The third-order valence-corrected chi connectivity index (χ3v) is 7.22. The molecule has 188 valence electrons. The second-order valence-electron chi connectivity index (χ2n) is 10.0. The van der Waals surface area contributed by atoms with Gasteiger partial charge in [0.2, 0.25) is 5.88 Å². The summed E-state index contributed by atoms with van der Waals surface area (Å²) >= 11 is 0. The maximum absolute atomic E-state index is 12.6. The van der Waals surface area contributed by atoms with Gasteiger partial charge in [-0.2, -0.15) is 0 Å². The molecular formula is C33H34N2O2. The van der Waals surface area contributed by atoms with Crippen LogP contribution < -0.4 is 4.74 Å². The minimum Gasteiger partial charge on any atom is -0.481 e. The van der Waals surface area contributed by atoms with E-state index >= 15 is 0 Å². The van der Waals surface area contributed by atoms with Gasteiger partial charge in [-0.3, -0.25) is 0 Å². The number of ether oxygens (including phenoxy) is 1. The van der Waals surface area contributed by atoms with Crippen molar-refractivity contribution in [3.05, 3.63) is 119 Å². The summed E-state index contributed by atoms with van der Waals surface area (Å²) in [5.41, 5.74) is 4.03. The molecule has 0 saturated carbocycles. The van der Waals surface area contributed by atoms with Crippen molar-refractivity contribution < 1.29 is 9.84 Å². The van der Waals surface area contributed by atoms with Gasteiger partial charge in [0.15, 0.2) is 0 Å². The van der Waals surface area contributed by atoms with Gasteiger partial charge in [0.25, 0.3) is 0 Å². The summed E-state index contributed by atoms with van der Waals surface area (Å²) in [5.74, 6) is 0.616. The summed E-state index contributed by atoms with van der Waals surface area (Å²) in [4.78, 5) is 7.00. The second kappa shape index (κ2) is 10.7. The summed E-state index contributed by atoms with van der Waals surface area (Å²) in [6.07, 6.45) is 1.73. The molecule has 0 aliphatic carbocycles. The van der Waals surface area contributed by atoms with Crippen molar-refractivity contribution in [2.45, 2.75) is 24.9 Å². The molecule has 0 radical (unpaired) electrons. The number of nitrogens with zero attached hydrogens (tertiary/aromatic N) is 2. The highest BCUT2D eigenvalue weighted by molar-refractivity contribution is 5.87. The molecule has 0 fully saturated rings. The summed E-state index contributed by atoms with van der Waals surface area (Å²) in [5, 5.41) is 15.9. The Morgan fingerprint density at radius 3 is 2.22 bits per heavy atom. The topological polar surface area (TPSA) is 45.6 Å². The zero-order chi connectivity index (χ0) is 25.8. The quantitative estimate of drug-likeness (QED) is 0.261. The molecule has 0 aliphatic heterocycles. The number of aromatic nitrogens is 1. The molecule has 1 unspecified atom stereocenters. The van der Waals surface area contributed by atoms with Crippen LogP contribution in [0.4, 0.5) is 0 Å². The fourth-order valence-electron chi connectivity index (χ4n) is 5.30. The molecule has 1 heterocycles. The molecule has 5 rings (SSSR count). The molecule has 1 N–H and O–H groups in total. The van der Waals surface area contributed by atoms with Crippen molar-refractivity contribution in [1.29, 1.82) is 0 Å². The van der Waals surface area contributed by atoms with Gasteiger partial charge in [0, 0.05) is 30.3 Å². The lowest BCUT2D eigenvalue weighted by atomic mass is 9.79. The highest BCUT2D eigenvalue weighted by atomic mass is 16.5. The Morgan fingerprint density at radius 2 is 1.46 bits per heavy atom. The Bertz CT molecular complexity index is 1510. The van der Waals surface area contributed by atoms with Gasteiger partial charge in [-0.05, 0) is 54.0 Å². The van der Waals surface area contributed by atoms with Gasteiger partial charge in [0.05, 0.1) is 18.2 Å². The van der Waals surface area contributed by atoms with Crippen LogP contribution in [-0.4, -0.2) is 42.7 Å². The Morgan fingerprint density at radius 1 is 0.784 bits per heavy atom. The number of hydrogen-bond acceptors (Lipinski definition) is 4. The minimum atomic E-state index is -1.09. The number of aliphatic hydroxyl groups is 1. The molecule has 4 aromatic carbocycles. The molecule has 0 amide bonds. The summed E-state index contributed by atoms with van der Waals surface area (Å²) in [7, 11) is 5.78. The standard InChI is InChI=1S/C33H34N2O2/c1-35(2)21-20-33(36,30-18-11-15-25-14-7-8-16-26(25)30)23-29-27-17-9-10-19-31(27)34-32(37-3)28(29)22-24-12-5-4-6-13-24/h4-19,36H,20-23H2,1-3H3. The third kappa shape index (κ3) is 5.22. The molecule has 4 heteroatoms. The fourth-order valence-corrected chi connectivity index (χ4v) is 5.30. The van der Waals surface area contributed by atoms with E-state index in [0.717, 1.165) is 44.9 Å². The predicted octanol–water partition coefficient (Wildman–Crippen LogP) is 6.37. The van der Waals surface area contributed by atoms with Crippen LogP contribution in [0.1, 0.15) is 28.7 Å². The van der Waals surface area contributed by atoms with E-state index in [1.54, 1.807) is 7.11 Å². The predicted molar refractivity (Wildman–Crippen MR) is 152 cm³/mol. The first-order valence-electron chi connectivity index (χ1n) is 12.8. The average molecular weight is 491 g/mol. The molecule has 4 nitrogen and oxygen atoms in total. The normalized spacial score (nSPS) is 13.2. The molecule has 0 spiro atoms. The van der Waals surface area contributed by atoms with Crippen LogP contribution in [0, 0.1) is 0 Å². The highest BCUT2D eigenvalue weighted by Crippen LogP contribution is 2.39. The van der Waals surface area contributed by atoms with E-state index in [9.17, 15) is 5.11 Å². The lowest BCUT2D eigenvalue weighted by Crippen LogP contribution is -2.33. The van der Waals surface area contributed by atoms with Gasteiger partial charge in [-0.15, -0.1) is 0 Å². The van der Waals surface area contributed by atoms with Crippen LogP contribution >= 0.6 is 0 Å². The largest absolute Gasteiger partial charge is 0.481 e. The first-order chi connectivity index (χ1) is 18.0. The number of para-hydroxylation sites is 1. The lowest BCUT2D eigenvalue weighted by molar-refractivity contribution is 0.0227. The van der Waals surface area contributed by atoms with E-state index in [4.69, 9.17) is 9.72 Å². The Kier molecular flexibility index (Phi) is 7.22. The number of methoxy groups -OCH3 is 1. The molecule has 1 atom stereocenters. The highest BCUT2D eigenvalue weighted by Gasteiger charge is 2.33. The smallest absolute Gasteiger partial charge is 0.217 e. The molecular weight excluding hydrogens is 456 g/mol. The number of pyridine rings is 1. The van der Waals surface area contributed by atoms with Gasteiger partial charge < -0.3 is 14.7 Å². The first-order valence-corrected chi connectivity index (χ1v) is 12.8. The molecule has 5 aromatic rings. The Labute approximate surface area is 219 Å². The van der Waals surface area contributed by atoms with E-state index < -0.39 is 5.60 Å². The molecule has 37 heavy (non-hydrogen) atoms. The van der Waals surface area contributed by atoms with Gasteiger partial charge in [-0.1, -0.05) is 91.0 Å². The monoisotopic (exact) mass is 490 g/mol. The van der Waals surface area contributed by atoms with Crippen LogP contribution in [0.5, 0.6) is 5.88 Å². The number of fused-ring (bicyclic) bond motifs is 2. The number of hydrogen-bond donors (Lipinski definition) is 1. The maximum Gasteiger partial charge on any atom is 0.217 e. The van der Waals surface area contributed by atoms with Crippen LogP contribution in [-0.2, 0) is 18.4 Å². The van der Waals surface area contributed by atoms with Crippen molar-refractivity contribution in [2.75, 3.05) is 27.7 Å². The van der Waals surface area contributed by atoms with Gasteiger partial charge in [0.1, 0.15) is 0 Å². The van der Waals surface area contributed by atoms with E-state index in [-0.39, 0.29) is 0 Å². The van der Waals surface area contributed by atoms with Crippen molar-refractivity contribution in [2.24, 2.45) is 0 Å². The summed E-state index contributed by atoms with van der Waals surface area (Å²) in [6.45, 7) is 0.758. The average Bonchev–Trinajstić information content (AvgIpc) is 2.93. The minimum absolute atomic E-state index is 0.455. The first kappa shape index (κ1) is 24.9. The van der Waals surface area contributed by atoms with Crippen molar-refractivity contribution in [3.63, 3.8) is 0 Å². The molecule has 1 aromatic heterocycles. The van der Waals surface area contributed by atoms with Crippen LogP contribution in [0.15, 0.2) is 97.1 Å². The zero-order valence-electron chi connectivity index (χ0n) is 21.8. The van der Waals surface area contributed by atoms with Gasteiger partial charge >= 0.3 is 0 Å². The maximum atomic E-state index is 12.6. The van der Waals surface area contributed by atoms with E-state index in [1.807, 2.05) is 36.4 Å². The van der Waals surface area contributed by atoms with Crippen LogP contribution in [0.2, 0.25) is 0 Å². The van der Waals surface area contributed by atoms with Crippen molar-refractivity contribution in [3.8, 4) is 5.88 Å². The molecule has 0 saturated heterocycles. The summed E-state index contributed by atoms with van der Waals surface area (Å²) < 4.78 is 5.85. The molecule has 0 bridgehead atoms. The lowest BCUT2D eigenvalue weighted by Gasteiger charge is -2.33. The fraction of sp³-hybridized carbons (Fsp3) is 0.242. The SMILES string of the molecule is COc1nc2ccccc2c(CC(O)(CCN(C)C)c2cccc3ccccc23)c1Cc1ccccc1. The van der Waals surface area contributed by atoms with E-state index in [0.29, 0.717) is 25.1 Å². The van der Waals surface area contributed by atoms with Crippen LogP contribution in [0.25, 0.3) is 21.7 Å². The number of rotatable bonds is 9. The summed E-state index contributed by atoms with van der Waals surface area (Å²) in [6, 6.07) is 33.1. The van der Waals surface area contributed by atoms with E-state index in [1.165, 1.54) is 5.56 Å².